The maximum Gasteiger partial charge on any atom is 0.0642 e. The van der Waals surface area contributed by atoms with Gasteiger partial charge in [-0.15, -0.1) is 0 Å². The topological polar surface area (TPSA) is 12.5 Å². The summed E-state index contributed by atoms with van der Waals surface area (Å²) in [4.78, 5) is 2.39. The van der Waals surface area contributed by atoms with E-state index in [1.54, 1.807) is 0 Å². The van der Waals surface area contributed by atoms with Gasteiger partial charge in [0.15, 0.2) is 0 Å². The van der Waals surface area contributed by atoms with Crippen molar-refractivity contribution in [2.45, 2.75) is 27.2 Å². The van der Waals surface area contributed by atoms with Gasteiger partial charge < -0.3 is 9.64 Å². The molecule has 1 heterocycles. The first-order chi connectivity index (χ1) is 6.77. The third kappa shape index (κ3) is 3.18. The fraction of sp³-hybridized carbons (Fsp3) is 0.667. The summed E-state index contributed by atoms with van der Waals surface area (Å²) in [5.41, 5.74) is 2.78. The maximum absolute atomic E-state index is 5.34. The van der Waals surface area contributed by atoms with Gasteiger partial charge in [0.05, 0.1) is 13.2 Å². The first-order valence-electron chi connectivity index (χ1n) is 5.44. The second kappa shape index (κ2) is 5.86. The minimum Gasteiger partial charge on any atom is -0.378 e. The van der Waals surface area contributed by atoms with E-state index in [-0.39, 0.29) is 0 Å². The van der Waals surface area contributed by atoms with Gasteiger partial charge in [0.25, 0.3) is 0 Å². The van der Waals surface area contributed by atoms with Gasteiger partial charge >= 0.3 is 0 Å². The first-order valence-corrected chi connectivity index (χ1v) is 5.44. The number of allylic oxidation sites excluding steroid dienone is 3. The zero-order chi connectivity index (χ0) is 10.4. The molecule has 0 bridgehead atoms. The predicted octanol–water partition coefficient (Wildman–Crippen LogP) is 2.58. The summed E-state index contributed by atoms with van der Waals surface area (Å²) in [5, 5.41) is 0. The zero-order valence-corrected chi connectivity index (χ0v) is 9.55. The highest BCUT2D eigenvalue weighted by atomic mass is 16.5. The molecule has 80 valence electrons. The summed E-state index contributed by atoms with van der Waals surface area (Å²) < 4.78 is 5.34. The molecule has 0 saturated carbocycles. The molecule has 1 saturated heterocycles. The van der Waals surface area contributed by atoms with Crippen molar-refractivity contribution >= 4 is 0 Å². The van der Waals surface area contributed by atoms with E-state index < -0.39 is 0 Å². The van der Waals surface area contributed by atoms with Crippen molar-refractivity contribution in [2.24, 2.45) is 0 Å². The third-order valence-corrected chi connectivity index (χ3v) is 2.62. The average molecular weight is 195 g/mol. The van der Waals surface area contributed by atoms with Crippen LogP contribution in [0.1, 0.15) is 27.2 Å². The molecular formula is C12H21NO. The molecule has 0 atom stereocenters. The lowest BCUT2D eigenvalue weighted by Crippen LogP contribution is -2.35. The summed E-state index contributed by atoms with van der Waals surface area (Å²) in [6, 6.07) is 0. The molecule has 0 aromatic carbocycles. The van der Waals surface area contributed by atoms with Gasteiger partial charge in [-0.05, 0) is 26.3 Å². The standard InChI is InChI=1S/C12H21NO/c1-4-11(3)10-12(5-2)13-6-8-14-9-7-13/h5,10H,4,6-9H2,1-3H3/b11-10+,12-5-. The van der Waals surface area contributed by atoms with E-state index in [4.69, 9.17) is 4.74 Å². The van der Waals surface area contributed by atoms with Crippen molar-refractivity contribution in [3.63, 3.8) is 0 Å². The van der Waals surface area contributed by atoms with Gasteiger partial charge in [-0.2, -0.15) is 0 Å². The van der Waals surface area contributed by atoms with E-state index in [9.17, 15) is 0 Å². The van der Waals surface area contributed by atoms with Gasteiger partial charge in [-0.3, -0.25) is 0 Å². The summed E-state index contributed by atoms with van der Waals surface area (Å²) in [6.45, 7) is 10.2. The van der Waals surface area contributed by atoms with Crippen LogP contribution in [0.3, 0.4) is 0 Å². The Labute approximate surface area is 87.2 Å². The molecule has 0 aliphatic carbocycles. The van der Waals surface area contributed by atoms with Crippen LogP contribution < -0.4 is 0 Å². The van der Waals surface area contributed by atoms with Gasteiger partial charge in [0.2, 0.25) is 0 Å². The van der Waals surface area contributed by atoms with Crippen LogP contribution in [0.5, 0.6) is 0 Å². The third-order valence-electron chi connectivity index (χ3n) is 2.62. The molecule has 14 heavy (non-hydrogen) atoms. The van der Waals surface area contributed by atoms with Crippen molar-refractivity contribution < 1.29 is 4.74 Å². The Kier molecular flexibility index (Phi) is 4.74. The molecule has 1 aliphatic heterocycles. The molecule has 0 spiro atoms. The number of hydrogen-bond donors (Lipinski definition) is 0. The van der Waals surface area contributed by atoms with Crippen LogP contribution in [-0.4, -0.2) is 31.2 Å². The smallest absolute Gasteiger partial charge is 0.0642 e. The second-order valence-corrected chi connectivity index (χ2v) is 3.66. The van der Waals surface area contributed by atoms with Crippen LogP contribution >= 0.6 is 0 Å². The van der Waals surface area contributed by atoms with Crippen LogP contribution in [0.15, 0.2) is 23.4 Å². The molecule has 0 unspecified atom stereocenters. The molecule has 2 heteroatoms. The number of hydrogen-bond acceptors (Lipinski definition) is 2. The van der Waals surface area contributed by atoms with Crippen LogP contribution in [-0.2, 0) is 4.74 Å². The van der Waals surface area contributed by atoms with Crippen LogP contribution in [0.4, 0.5) is 0 Å². The SMILES string of the molecule is C/C=C(/C=C(\C)CC)N1CCOCC1. The Bertz CT molecular complexity index is 224. The Morgan fingerprint density at radius 3 is 2.50 bits per heavy atom. The lowest BCUT2D eigenvalue weighted by molar-refractivity contribution is 0.0553. The summed E-state index contributed by atoms with van der Waals surface area (Å²) in [7, 11) is 0. The molecule has 0 radical (unpaired) electrons. The molecule has 1 fully saturated rings. The second-order valence-electron chi connectivity index (χ2n) is 3.66. The van der Waals surface area contributed by atoms with Crippen molar-refractivity contribution in [1.82, 2.24) is 4.90 Å². The molecule has 0 aromatic heterocycles. The van der Waals surface area contributed by atoms with Crippen LogP contribution in [0, 0.1) is 0 Å². The highest BCUT2D eigenvalue weighted by Gasteiger charge is 2.10. The van der Waals surface area contributed by atoms with Crippen molar-refractivity contribution in [3.05, 3.63) is 23.4 Å². The molecule has 0 aromatic rings. The lowest BCUT2D eigenvalue weighted by Gasteiger charge is -2.30. The first kappa shape index (κ1) is 11.3. The Morgan fingerprint density at radius 2 is 2.00 bits per heavy atom. The molecule has 0 amide bonds. The monoisotopic (exact) mass is 195 g/mol. The molecule has 1 rings (SSSR count). The number of nitrogens with zero attached hydrogens (tertiary/aromatic N) is 1. The highest BCUT2D eigenvalue weighted by molar-refractivity contribution is 5.21. The maximum atomic E-state index is 5.34. The minimum absolute atomic E-state index is 0.857. The lowest BCUT2D eigenvalue weighted by atomic mass is 10.2. The van der Waals surface area contributed by atoms with Gasteiger partial charge in [-0.25, -0.2) is 0 Å². The molecule has 1 aliphatic rings. The van der Waals surface area contributed by atoms with Crippen molar-refractivity contribution in [2.75, 3.05) is 26.3 Å². The predicted molar refractivity (Wildman–Crippen MR) is 60.2 cm³/mol. The van der Waals surface area contributed by atoms with Gasteiger partial charge in [-0.1, -0.05) is 18.6 Å². The number of morpholine rings is 1. The fourth-order valence-electron chi connectivity index (χ4n) is 1.53. The van der Waals surface area contributed by atoms with E-state index in [1.165, 1.54) is 11.3 Å². The van der Waals surface area contributed by atoms with E-state index in [1.807, 2.05) is 0 Å². The van der Waals surface area contributed by atoms with Gasteiger partial charge in [0, 0.05) is 18.8 Å². The fourth-order valence-corrected chi connectivity index (χ4v) is 1.53. The Balaban J connectivity index is 2.61. The number of rotatable bonds is 3. The molecule has 0 N–H and O–H groups in total. The summed E-state index contributed by atoms with van der Waals surface area (Å²) in [6.07, 6.45) is 5.59. The van der Waals surface area contributed by atoms with Gasteiger partial charge in [0.1, 0.15) is 0 Å². The highest BCUT2D eigenvalue weighted by Crippen LogP contribution is 2.12. The Morgan fingerprint density at radius 1 is 1.36 bits per heavy atom. The minimum atomic E-state index is 0.857. The largest absolute Gasteiger partial charge is 0.378 e. The zero-order valence-electron chi connectivity index (χ0n) is 9.55. The Hall–Kier alpha value is -0.760. The van der Waals surface area contributed by atoms with E-state index >= 15 is 0 Å². The van der Waals surface area contributed by atoms with E-state index in [0.717, 1.165) is 32.7 Å². The number of ether oxygens (including phenoxy) is 1. The summed E-state index contributed by atoms with van der Waals surface area (Å²) in [5.74, 6) is 0. The van der Waals surface area contributed by atoms with E-state index in [0.29, 0.717) is 0 Å². The quantitative estimate of drug-likeness (QED) is 0.642. The average Bonchev–Trinajstić information content (AvgIpc) is 2.26. The summed E-state index contributed by atoms with van der Waals surface area (Å²) >= 11 is 0. The van der Waals surface area contributed by atoms with Crippen LogP contribution in [0.2, 0.25) is 0 Å². The molecule has 2 nitrogen and oxygen atoms in total. The molecular weight excluding hydrogens is 174 g/mol. The van der Waals surface area contributed by atoms with E-state index in [2.05, 4.69) is 37.8 Å². The van der Waals surface area contributed by atoms with Crippen LogP contribution in [0.25, 0.3) is 0 Å². The van der Waals surface area contributed by atoms with Crippen molar-refractivity contribution in [3.8, 4) is 0 Å². The van der Waals surface area contributed by atoms with Crippen molar-refractivity contribution in [1.29, 1.82) is 0 Å². The normalized spacial score (nSPS) is 20.1.